The van der Waals surface area contributed by atoms with Crippen LogP contribution in [0.5, 0.6) is 5.75 Å². The van der Waals surface area contributed by atoms with Crippen LogP contribution in [-0.2, 0) is 4.79 Å². The lowest BCUT2D eigenvalue weighted by Gasteiger charge is -2.12. The van der Waals surface area contributed by atoms with Gasteiger partial charge in [-0.05, 0) is 24.4 Å². The fraction of sp³-hybridized carbons (Fsp3) is 0.143. The number of hydrogen-bond donors (Lipinski definition) is 0. The number of ether oxygens (including phenoxy) is 1. The molecule has 0 aliphatic heterocycles. The summed E-state index contributed by atoms with van der Waals surface area (Å²) in [7, 11) is 0. The quantitative estimate of drug-likeness (QED) is 0.359. The Morgan fingerprint density at radius 3 is 2.37 bits per heavy atom. The van der Waals surface area contributed by atoms with Gasteiger partial charge in [0.25, 0.3) is 0 Å². The summed E-state index contributed by atoms with van der Waals surface area (Å²) in [6.07, 6.45) is 0. The fourth-order valence-electron chi connectivity index (χ4n) is 1.73. The highest BCUT2D eigenvalue weighted by molar-refractivity contribution is 14.1. The molecular weight excluding hydrogens is 359 g/mol. The summed E-state index contributed by atoms with van der Waals surface area (Å²) in [5.41, 5.74) is 0.0814. The number of alkyl halides is 1. The lowest BCUT2D eigenvalue weighted by molar-refractivity contribution is -0.254. The largest absolute Gasteiger partial charge is 0.545 e. The molecule has 1 atom stereocenters. The van der Waals surface area contributed by atoms with Crippen molar-refractivity contribution in [3.63, 3.8) is 0 Å². The van der Waals surface area contributed by atoms with E-state index >= 15 is 0 Å². The second-order valence-electron chi connectivity index (χ2n) is 3.98. The van der Waals surface area contributed by atoms with Crippen LogP contribution in [0.3, 0.4) is 0 Å². The molecule has 5 heteroatoms. The minimum Gasteiger partial charge on any atom is -0.545 e. The molecule has 0 radical (unpaired) electrons. The molecule has 0 fully saturated rings. The van der Waals surface area contributed by atoms with E-state index in [1.807, 2.05) is 22.6 Å². The Labute approximate surface area is 123 Å². The first kappa shape index (κ1) is 13.8. The Morgan fingerprint density at radius 1 is 1.16 bits per heavy atom. The fourth-order valence-corrected chi connectivity index (χ4v) is 1.86. The van der Waals surface area contributed by atoms with E-state index in [4.69, 9.17) is 4.74 Å². The molecule has 0 saturated carbocycles. The van der Waals surface area contributed by atoms with Crippen LogP contribution in [0, 0.1) is 0 Å². The number of fused-ring (bicyclic) bond motifs is 1. The van der Waals surface area contributed by atoms with Crippen LogP contribution >= 0.6 is 22.6 Å². The van der Waals surface area contributed by atoms with Gasteiger partial charge in [-0.1, -0.05) is 46.9 Å². The minimum atomic E-state index is -1.25. The van der Waals surface area contributed by atoms with Gasteiger partial charge in [-0.25, -0.2) is 0 Å². The number of halogens is 1. The summed E-state index contributed by atoms with van der Waals surface area (Å²) in [4.78, 5) is 22.7. The minimum absolute atomic E-state index is 0.0814. The summed E-state index contributed by atoms with van der Waals surface area (Å²) < 4.78 is 4.98. The number of carboxylic acids is 1. The number of hydrogen-bond acceptors (Lipinski definition) is 4. The SMILES string of the molecule is CC(I)C(=O)Oc1ccc(C(=O)[O-])c2ccccc12. The lowest BCUT2D eigenvalue weighted by atomic mass is 10.0. The second kappa shape index (κ2) is 5.56. The van der Waals surface area contributed by atoms with Crippen molar-refractivity contribution in [2.75, 3.05) is 0 Å². The highest BCUT2D eigenvalue weighted by atomic mass is 127. The molecule has 19 heavy (non-hydrogen) atoms. The number of esters is 1. The van der Waals surface area contributed by atoms with E-state index < -0.39 is 5.97 Å². The van der Waals surface area contributed by atoms with Crippen molar-refractivity contribution in [1.29, 1.82) is 0 Å². The molecule has 0 amide bonds. The number of carbonyl (C=O) groups excluding carboxylic acids is 2. The molecule has 1 unspecified atom stereocenters. The van der Waals surface area contributed by atoms with Gasteiger partial charge in [0.05, 0.1) is 5.97 Å². The summed E-state index contributed by atoms with van der Waals surface area (Å²) in [6, 6.07) is 9.71. The van der Waals surface area contributed by atoms with Crippen LogP contribution in [0.2, 0.25) is 0 Å². The van der Waals surface area contributed by atoms with E-state index in [9.17, 15) is 14.7 Å². The molecule has 0 heterocycles. The molecule has 4 nitrogen and oxygen atoms in total. The summed E-state index contributed by atoms with van der Waals surface area (Å²) in [5.74, 6) is -1.27. The standard InChI is InChI=1S/C14H11IO4/c1-8(15)14(18)19-12-7-6-11(13(16)17)9-4-2-3-5-10(9)12/h2-8H,1H3,(H,16,17)/p-1. The molecular formula is C14H10IO4-. The predicted molar refractivity (Wildman–Crippen MR) is 77.4 cm³/mol. The van der Waals surface area contributed by atoms with Gasteiger partial charge in [0.15, 0.2) is 0 Å². The van der Waals surface area contributed by atoms with Crippen LogP contribution in [0.1, 0.15) is 17.3 Å². The third-order valence-corrected chi connectivity index (χ3v) is 3.15. The molecule has 2 aromatic rings. The summed E-state index contributed by atoms with van der Waals surface area (Å²) in [6.45, 7) is 1.72. The van der Waals surface area contributed by atoms with Crippen molar-refractivity contribution in [3.05, 3.63) is 42.0 Å². The zero-order chi connectivity index (χ0) is 14.0. The molecule has 2 aromatic carbocycles. The number of rotatable bonds is 3. The number of benzene rings is 2. The topological polar surface area (TPSA) is 66.4 Å². The highest BCUT2D eigenvalue weighted by Crippen LogP contribution is 2.28. The van der Waals surface area contributed by atoms with Gasteiger partial charge in [0.2, 0.25) is 0 Å². The molecule has 0 N–H and O–H groups in total. The maximum Gasteiger partial charge on any atom is 0.324 e. The second-order valence-corrected chi connectivity index (χ2v) is 5.85. The Hall–Kier alpha value is -1.63. The van der Waals surface area contributed by atoms with Crippen LogP contribution < -0.4 is 9.84 Å². The maximum atomic E-state index is 11.6. The first-order valence-corrected chi connectivity index (χ1v) is 6.84. The van der Waals surface area contributed by atoms with Crippen LogP contribution in [-0.4, -0.2) is 15.9 Å². The van der Waals surface area contributed by atoms with Crippen molar-refractivity contribution in [2.24, 2.45) is 0 Å². The lowest BCUT2D eigenvalue weighted by Crippen LogP contribution is -2.22. The van der Waals surface area contributed by atoms with Gasteiger partial charge in [0.1, 0.15) is 9.67 Å². The maximum absolute atomic E-state index is 11.6. The van der Waals surface area contributed by atoms with E-state index in [2.05, 4.69) is 0 Å². The highest BCUT2D eigenvalue weighted by Gasteiger charge is 2.14. The molecule has 0 aliphatic rings. The first-order valence-electron chi connectivity index (χ1n) is 5.59. The zero-order valence-electron chi connectivity index (χ0n) is 10.1. The Bertz CT molecular complexity index is 649. The Balaban J connectivity index is 2.56. The Morgan fingerprint density at radius 2 is 1.79 bits per heavy atom. The Kier molecular flexibility index (Phi) is 4.04. The smallest absolute Gasteiger partial charge is 0.324 e. The van der Waals surface area contributed by atoms with Crippen LogP contribution in [0.4, 0.5) is 0 Å². The normalized spacial score (nSPS) is 12.1. The molecule has 0 saturated heterocycles. The van der Waals surface area contributed by atoms with Crippen molar-refractivity contribution >= 4 is 45.3 Å². The van der Waals surface area contributed by atoms with Gasteiger partial charge in [-0.15, -0.1) is 0 Å². The van der Waals surface area contributed by atoms with Crippen molar-refractivity contribution < 1.29 is 19.4 Å². The molecule has 0 aromatic heterocycles. The number of carboxylic acid groups (broad SMARTS) is 1. The molecule has 98 valence electrons. The van der Waals surface area contributed by atoms with Gasteiger partial charge in [-0.3, -0.25) is 4.79 Å². The zero-order valence-corrected chi connectivity index (χ0v) is 12.2. The van der Waals surface area contributed by atoms with Crippen molar-refractivity contribution in [3.8, 4) is 5.75 Å². The third kappa shape index (κ3) is 2.86. The van der Waals surface area contributed by atoms with Gasteiger partial charge in [0, 0.05) is 10.9 Å². The first-order chi connectivity index (χ1) is 9.00. The van der Waals surface area contributed by atoms with E-state index in [1.165, 1.54) is 12.1 Å². The van der Waals surface area contributed by atoms with E-state index in [-0.39, 0.29) is 15.5 Å². The van der Waals surface area contributed by atoms with E-state index in [0.29, 0.717) is 16.5 Å². The monoisotopic (exact) mass is 369 g/mol. The van der Waals surface area contributed by atoms with E-state index in [0.717, 1.165) is 0 Å². The van der Waals surface area contributed by atoms with Crippen molar-refractivity contribution in [2.45, 2.75) is 10.8 Å². The van der Waals surface area contributed by atoms with Gasteiger partial charge >= 0.3 is 5.97 Å². The molecule has 0 aliphatic carbocycles. The predicted octanol–water partition coefficient (Wildman–Crippen LogP) is 1.93. The van der Waals surface area contributed by atoms with Crippen LogP contribution in [0.15, 0.2) is 36.4 Å². The number of carbonyl (C=O) groups is 2. The average molecular weight is 369 g/mol. The summed E-state index contributed by atoms with van der Waals surface area (Å²) >= 11 is 1.96. The molecule has 0 spiro atoms. The third-order valence-electron chi connectivity index (χ3n) is 2.64. The van der Waals surface area contributed by atoms with Gasteiger partial charge in [-0.2, -0.15) is 0 Å². The average Bonchev–Trinajstić information content (AvgIpc) is 2.38. The van der Waals surface area contributed by atoms with Gasteiger partial charge < -0.3 is 14.6 Å². The van der Waals surface area contributed by atoms with Crippen LogP contribution in [0.25, 0.3) is 10.8 Å². The van der Waals surface area contributed by atoms with Crippen molar-refractivity contribution in [1.82, 2.24) is 0 Å². The summed E-state index contributed by atoms with van der Waals surface area (Å²) in [5, 5.41) is 12.1. The number of aromatic carboxylic acids is 1. The molecule has 0 bridgehead atoms. The molecule has 2 rings (SSSR count). The van der Waals surface area contributed by atoms with E-state index in [1.54, 1.807) is 31.2 Å².